The third kappa shape index (κ3) is 3.61. The topological polar surface area (TPSA) is 38.5 Å². The molecule has 2 N–H and O–H groups in total. The molecule has 0 saturated carbocycles. The van der Waals surface area contributed by atoms with Crippen molar-refractivity contribution < 1.29 is 4.74 Å². The van der Waals surface area contributed by atoms with Crippen LogP contribution in [0.5, 0.6) is 5.75 Å². The molecular weight excluding hydrogens is 328 g/mol. The van der Waals surface area contributed by atoms with E-state index in [0.717, 1.165) is 23.1 Å². The molecule has 21 heavy (non-hydrogen) atoms. The molecule has 0 radical (unpaired) electrons. The van der Waals surface area contributed by atoms with E-state index in [9.17, 15) is 0 Å². The Labute approximate surface area is 137 Å². The first-order chi connectivity index (χ1) is 10.0. The lowest BCUT2D eigenvalue weighted by Crippen LogP contribution is -2.57. The summed E-state index contributed by atoms with van der Waals surface area (Å²) < 4.78 is 6.28. The van der Waals surface area contributed by atoms with Crippen LogP contribution in [0.4, 0.5) is 0 Å². The summed E-state index contributed by atoms with van der Waals surface area (Å²) in [6.07, 6.45) is 4.59. The van der Waals surface area contributed by atoms with E-state index in [1.807, 2.05) is 6.07 Å². The van der Waals surface area contributed by atoms with E-state index in [1.165, 1.54) is 31.5 Å². The maximum absolute atomic E-state index is 6.61. The Morgan fingerprint density at radius 2 is 2.05 bits per heavy atom. The minimum absolute atomic E-state index is 0.0862. The fourth-order valence-electron chi connectivity index (χ4n) is 3.26. The van der Waals surface area contributed by atoms with Crippen molar-refractivity contribution in [2.24, 2.45) is 5.73 Å². The molecule has 0 aliphatic carbocycles. The summed E-state index contributed by atoms with van der Waals surface area (Å²) in [7, 11) is 1.69. The first-order valence-corrected chi connectivity index (χ1v) is 8.63. The second-order valence-corrected chi connectivity index (χ2v) is 7.04. The van der Waals surface area contributed by atoms with E-state index in [-0.39, 0.29) is 11.6 Å². The quantitative estimate of drug-likeness (QED) is 0.848. The highest BCUT2D eigenvalue weighted by Crippen LogP contribution is 2.30. The Morgan fingerprint density at radius 1 is 1.38 bits per heavy atom. The van der Waals surface area contributed by atoms with Gasteiger partial charge in [0.1, 0.15) is 5.75 Å². The van der Waals surface area contributed by atoms with E-state index in [2.05, 4.69) is 46.8 Å². The molecule has 1 aromatic rings. The van der Waals surface area contributed by atoms with Gasteiger partial charge in [-0.15, -0.1) is 0 Å². The van der Waals surface area contributed by atoms with Crippen LogP contribution < -0.4 is 10.5 Å². The van der Waals surface area contributed by atoms with Crippen molar-refractivity contribution in [2.75, 3.05) is 20.2 Å². The Hall–Kier alpha value is -0.580. The summed E-state index contributed by atoms with van der Waals surface area (Å²) in [6, 6.07) is 6.38. The average Bonchev–Trinajstić information content (AvgIpc) is 3.01. The average molecular weight is 355 g/mol. The predicted molar refractivity (Wildman–Crippen MR) is 91.9 cm³/mol. The first-order valence-electron chi connectivity index (χ1n) is 7.84. The van der Waals surface area contributed by atoms with Crippen LogP contribution in [0.1, 0.15) is 38.7 Å². The minimum Gasteiger partial charge on any atom is -0.496 e. The molecule has 1 fully saturated rings. The van der Waals surface area contributed by atoms with Gasteiger partial charge >= 0.3 is 0 Å². The van der Waals surface area contributed by atoms with Gasteiger partial charge in [-0.3, -0.25) is 4.90 Å². The maximum atomic E-state index is 6.61. The standard InChI is InChI=1S/C17H27BrN2O/c1-4-17(2,20-9-5-6-10-20)16(19)12-13-7-8-15(21-3)14(18)11-13/h7-8,11,16H,4-6,9-10,12,19H2,1-3H3. The number of methoxy groups -OCH3 is 1. The molecule has 4 heteroatoms. The number of hydrogen-bond acceptors (Lipinski definition) is 3. The summed E-state index contributed by atoms with van der Waals surface area (Å²) in [5.74, 6) is 0.866. The van der Waals surface area contributed by atoms with Crippen molar-refractivity contribution in [2.45, 2.75) is 51.1 Å². The molecule has 0 aromatic heterocycles. The van der Waals surface area contributed by atoms with Gasteiger partial charge in [0.05, 0.1) is 11.6 Å². The number of nitrogens with two attached hydrogens (primary N) is 1. The van der Waals surface area contributed by atoms with Gasteiger partial charge in [-0.1, -0.05) is 13.0 Å². The van der Waals surface area contributed by atoms with Crippen LogP contribution in [0.2, 0.25) is 0 Å². The fourth-order valence-corrected chi connectivity index (χ4v) is 3.85. The highest BCUT2D eigenvalue weighted by molar-refractivity contribution is 9.10. The summed E-state index contributed by atoms with van der Waals surface area (Å²) >= 11 is 3.55. The number of hydrogen-bond donors (Lipinski definition) is 1. The lowest BCUT2D eigenvalue weighted by Gasteiger charge is -2.43. The molecule has 1 heterocycles. The summed E-state index contributed by atoms with van der Waals surface area (Å²) in [5, 5.41) is 0. The molecule has 1 saturated heterocycles. The van der Waals surface area contributed by atoms with Gasteiger partial charge in [-0.05, 0) is 79.3 Å². The monoisotopic (exact) mass is 354 g/mol. The lowest BCUT2D eigenvalue weighted by atomic mass is 9.84. The second kappa shape index (κ2) is 7.12. The van der Waals surface area contributed by atoms with Crippen LogP contribution >= 0.6 is 15.9 Å². The first kappa shape index (κ1) is 16.8. The molecule has 0 spiro atoms. The number of rotatable bonds is 6. The SMILES string of the molecule is CCC(C)(C(N)Cc1ccc(OC)c(Br)c1)N1CCCC1. The lowest BCUT2D eigenvalue weighted by molar-refractivity contribution is 0.0998. The molecule has 0 amide bonds. The highest BCUT2D eigenvalue weighted by atomic mass is 79.9. The van der Waals surface area contributed by atoms with E-state index in [0.29, 0.717) is 0 Å². The molecule has 0 bridgehead atoms. The number of likely N-dealkylation sites (tertiary alicyclic amines) is 1. The number of halogens is 1. The van der Waals surface area contributed by atoms with E-state index in [1.54, 1.807) is 7.11 Å². The zero-order valence-electron chi connectivity index (χ0n) is 13.4. The van der Waals surface area contributed by atoms with Gasteiger partial charge in [0.2, 0.25) is 0 Å². The third-order valence-electron chi connectivity index (χ3n) is 5.01. The molecular formula is C17H27BrN2O. The number of benzene rings is 1. The van der Waals surface area contributed by atoms with Crippen LogP contribution in [0, 0.1) is 0 Å². The molecule has 1 aliphatic rings. The predicted octanol–water partition coefficient (Wildman–Crippen LogP) is 3.59. The van der Waals surface area contributed by atoms with Crippen molar-refractivity contribution in [1.82, 2.24) is 4.90 Å². The van der Waals surface area contributed by atoms with Crippen LogP contribution in [0.25, 0.3) is 0 Å². The van der Waals surface area contributed by atoms with Gasteiger partial charge in [-0.25, -0.2) is 0 Å². The second-order valence-electron chi connectivity index (χ2n) is 6.18. The molecule has 1 aromatic carbocycles. The molecule has 3 nitrogen and oxygen atoms in total. The Balaban J connectivity index is 2.11. The summed E-state index contributed by atoms with van der Waals surface area (Å²) in [5.41, 5.74) is 7.95. The van der Waals surface area contributed by atoms with Gasteiger partial charge in [-0.2, -0.15) is 0 Å². The van der Waals surface area contributed by atoms with Crippen LogP contribution in [-0.2, 0) is 6.42 Å². The van der Waals surface area contributed by atoms with Crippen LogP contribution in [0.15, 0.2) is 22.7 Å². The Morgan fingerprint density at radius 3 is 2.57 bits per heavy atom. The summed E-state index contributed by atoms with van der Waals surface area (Å²) in [6.45, 7) is 6.94. The highest BCUT2D eigenvalue weighted by Gasteiger charge is 2.37. The number of nitrogens with zero attached hydrogens (tertiary/aromatic N) is 1. The molecule has 1 aliphatic heterocycles. The van der Waals surface area contributed by atoms with Gasteiger partial charge in [0.25, 0.3) is 0 Å². The zero-order valence-corrected chi connectivity index (χ0v) is 14.9. The number of ether oxygens (including phenoxy) is 1. The van der Waals surface area contributed by atoms with Crippen molar-refractivity contribution in [3.8, 4) is 5.75 Å². The van der Waals surface area contributed by atoms with E-state index < -0.39 is 0 Å². The third-order valence-corrected chi connectivity index (χ3v) is 5.63. The molecule has 2 rings (SSSR count). The Bertz CT molecular complexity index is 474. The van der Waals surface area contributed by atoms with Crippen molar-refractivity contribution in [3.05, 3.63) is 28.2 Å². The normalized spacial score (nSPS) is 20.2. The van der Waals surface area contributed by atoms with Gasteiger partial charge < -0.3 is 10.5 Å². The zero-order chi connectivity index (χ0) is 15.5. The molecule has 118 valence electrons. The molecule has 2 unspecified atom stereocenters. The van der Waals surface area contributed by atoms with Gasteiger partial charge in [0, 0.05) is 11.6 Å². The fraction of sp³-hybridized carbons (Fsp3) is 0.647. The maximum Gasteiger partial charge on any atom is 0.133 e. The largest absolute Gasteiger partial charge is 0.496 e. The van der Waals surface area contributed by atoms with E-state index in [4.69, 9.17) is 10.5 Å². The van der Waals surface area contributed by atoms with Crippen LogP contribution in [-0.4, -0.2) is 36.7 Å². The van der Waals surface area contributed by atoms with Crippen LogP contribution in [0.3, 0.4) is 0 Å². The minimum atomic E-state index is 0.0862. The van der Waals surface area contributed by atoms with Crippen molar-refractivity contribution in [3.63, 3.8) is 0 Å². The van der Waals surface area contributed by atoms with E-state index >= 15 is 0 Å². The smallest absolute Gasteiger partial charge is 0.133 e. The molecule has 2 atom stereocenters. The van der Waals surface area contributed by atoms with Crippen molar-refractivity contribution in [1.29, 1.82) is 0 Å². The van der Waals surface area contributed by atoms with Gasteiger partial charge in [0.15, 0.2) is 0 Å². The summed E-state index contributed by atoms with van der Waals surface area (Å²) in [4.78, 5) is 2.58. The van der Waals surface area contributed by atoms with Crippen molar-refractivity contribution >= 4 is 15.9 Å². The Kier molecular flexibility index (Phi) is 5.69.